The van der Waals surface area contributed by atoms with Gasteiger partial charge in [-0.05, 0) is 157 Å². The smallest absolute Gasteiger partial charge is 0.165 e. The highest BCUT2D eigenvalue weighted by atomic mass is 19.1. The number of aromatic hydroxyl groups is 3. The SMILES string of the molecule is CC(c1cc2ccccc2nc1N1CCCC1)n1nc(-c2cccc(O)c2)c2c(N)ncnc21.CC(c1cc2ccccc2nc1N1CCCC1)n1nc(C#C[C@@H](C)O)c2c(N)ncnc21.CCCN1CCN(c2nc3ccccc3cc2Cn2nc(-c3cc(O)cc(F)c3)c3c(N)ncnc32)CC1.CCN1CCN(c2nc3ccccc3cc2Cn2nc(-c3cc(O)cc(F)c3)c3c(N)ncnc32)CC1. The van der Waals surface area contributed by atoms with Crippen LogP contribution in [0.5, 0.6) is 17.2 Å². The van der Waals surface area contributed by atoms with Crippen molar-refractivity contribution in [3.63, 3.8) is 0 Å². The molecule has 0 saturated carbocycles. The molecule has 7 aromatic carbocycles. The summed E-state index contributed by atoms with van der Waals surface area (Å²) in [6, 6.07) is 55.5. The van der Waals surface area contributed by atoms with Crippen LogP contribution in [0.1, 0.15) is 107 Å². The molecule has 0 amide bonds. The van der Waals surface area contributed by atoms with Gasteiger partial charge >= 0.3 is 0 Å². The molecule has 0 spiro atoms. The Hall–Kier alpha value is -16.5. The van der Waals surface area contributed by atoms with Crippen molar-refractivity contribution in [1.82, 2.24) is 109 Å². The maximum Gasteiger partial charge on any atom is 0.165 e. The molecule has 0 bridgehead atoms. The molecule has 141 heavy (non-hydrogen) atoms. The van der Waals surface area contributed by atoms with Gasteiger partial charge in [0.1, 0.15) is 130 Å². The van der Waals surface area contributed by atoms with Crippen LogP contribution in [0, 0.1) is 23.5 Å². The molecule has 4 fully saturated rings. The molecule has 4 aliphatic heterocycles. The zero-order valence-electron chi connectivity index (χ0n) is 78.7. The molecule has 4 saturated heterocycles. The summed E-state index contributed by atoms with van der Waals surface area (Å²) in [5.74, 6) is 9.31. The summed E-state index contributed by atoms with van der Waals surface area (Å²) in [6.07, 6.45) is 10.7. The average molecular weight is 1890 g/mol. The number of benzene rings is 7. The minimum absolute atomic E-state index is 0.157. The number of aliphatic hydroxyl groups is 1. The van der Waals surface area contributed by atoms with E-state index in [-0.39, 0.29) is 41.0 Å². The van der Waals surface area contributed by atoms with Crippen LogP contribution in [0.3, 0.4) is 0 Å². The first-order valence-corrected chi connectivity index (χ1v) is 47.5. The van der Waals surface area contributed by atoms with Gasteiger partial charge < -0.3 is 67.9 Å². The third-order valence-corrected chi connectivity index (χ3v) is 26.4. The number of piperazine rings is 2. The number of likely N-dealkylation sites (N-methyl/N-ethyl adjacent to an activating group) is 1. The Morgan fingerprint density at radius 1 is 0.369 bits per heavy atom. The number of pyridine rings is 4. The molecular weight excluding hydrogens is 1780 g/mol. The Balaban J connectivity index is 0.000000116. The van der Waals surface area contributed by atoms with E-state index in [0.29, 0.717) is 103 Å². The van der Waals surface area contributed by atoms with Gasteiger partial charge in [-0.2, -0.15) is 20.4 Å². The van der Waals surface area contributed by atoms with Crippen LogP contribution < -0.4 is 42.5 Å². The number of fused-ring (bicyclic) bond motifs is 8. The lowest BCUT2D eigenvalue weighted by Gasteiger charge is -2.36. The highest BCUT2D eigenvalue weighted by Gasteiger charge is 2.32. The number of phenols is 3. The number of anilines is 8. The lowest BCUT2D eigenvalue weighted by Crippen LogP contribution is -2.47. The standard InChI is InChI=1S/C28H29FN8O.C27H27FN8O.C26H25N7O.C24H25N7O/c1-2-7-35-8-10-36(11-9-35)27-20(12-18-5-3-4-6-23(18)33-27)16-37-28-24(26(30)31-17-32-28)25(34-37)19-13-21(29)15-22(38)14-19;1-2-34-7-9-35(10-8-34)26-19(11-17-5-3-4-6-22(17)32-26)15-36-27-23(25(29)30-16-31-27)24(33-36)18-12-20(28)14-21(37)13-18;1-16(20-14-17-7-2-3-10-21(17)30-25(20)32-11-4-5-12-32)33-26-22(24(27)28-15-29-26)23(31-33)18-8-6-9-19(34)13-18;1-15(32)9-10-20-21-22(25)26-14-27-24(21)31(29-20)16(2)18-13-17-7-3-4-8-19(17)28-23(18)30-11-5-6-12-30/h3-6,12-15,17,38H,2,7-11,16H2,1H3,(H2,30,31,32);3-6,11-14,16,37H,2,7-10,15H2,1H3,(H2,29,30,31);2-3,6-10,13-16,34H,4-5,11-12H2,1H3,(H2,27,28,29);3-4,7-8,13-16,32H,5-6,11-12H2,1-2H3,(H2,25,26,27)/t;;;15-,16?/m...1/s1. The normalized spacial score (nSPS) is 14.9. The molecule has 19 aromatic rings. The van der Waals surface area contributed by atoms with E-state index >= 15 is 0 Å². The number of aliphatic hydroxyl groups excluding tert-OH is 1. The second kappa shape index (κ2) is 39.9. The number of aromatic nitrogens is 20. The van der Waals surface area contributed by atoms with Gasteiger partial charge in [0.05, 0.1) is 68.8 Å². The van der Waals surface area contributed by atoms with Gasteiger partial charge in [-0.15, -0.1) is 0 Å². The third kappa shape index (κ3) is 19.0. The number of nitrogens with zero attached hydrogens (tertiary/aromatic N) is 26. The molecule has 2 unspecified atom stereocenters. The Morgan fingerprint density at radius 3 is 1.17 bits per heavy atom. The van der Waals surface area contributed by atoms with E-state index in [0.717, 1.165) is 218 Å². The molecule has 36 heteroatoms. The van der Waals surface area contributed by atoms with Crippen molar-refractivity contribution in [2.24, 2.45) is 0 Å². The number of hydrogen-bond donors (Lipinski definition) is 8. The van der Waals surface area contributed by atoms with Crippen LogP contribution in [0.15, 0.2) is 207 Å². The molecular formula is C105H106F2N30O4. The summed E-state index contributed by atoms with van der Waals surface area (Å²) in [5.41, 5.74) is 38.8. The number of nitrogens with two attached hydrogens (primary N) is 4. The molecule has 12 aromatic heterocycles. The van der Waals surface area contributed by atoms with E-state index in [4.69, 9.17) is 63.3 Å². The van der Waals surface area contributed by atoms with Crippen molar-refractivity contribution >= 4 is 134 Å². The average Bonchev–Trinajstić information content (AvgIpc) is 1.53. The first-order chi connectivity index (χ1) is 68.6. The van der Waals surface area contributed by atoms with Crippen LogP contribution >= 0.6 is 0 Å². The van der Waals surface area contributed by atoms with Gasteiger partial charge in [-0.3, -0.25) is 4.90 Å². The van der Waals surface area contributed by atoms with Crippen molar-refractivity contribution in [3.05, 3.63) is 247 Å². The van der Waals surface area contributed by atoms with Crippen molar-refractivity contribution in [1.29, 1.82) is 0 Å². The molecule has 12 N–H and O–H groups in total. The van der Waals surface area contributed by atoms with Crippen LogP contribution in [0.4, 0.5) is 55.3 Å². The van der Waals surface area contributed by atoms with Crippen LogP contribution in [0.2, 0.25) is 0 Å². The number of rotatable bonds is 18. The fourth-order valence-corrected chi connectivity index (χ4v) is 19.4. The van der Waals surface area contributed by atoms with Crippen molar-refractivity contribution in [2.45, 2.75) is 98.0 Å². The molecule has 714 valence electrons. The maximum atomic E-state index is 14.2. The molecule has 0 radical (unpaired) electrons. The van der Waals surface area contributed by atoms with Gasteiger partial charge in [0.15, 0.2) is 22.6 Å². The molecule has 4 aliphatic rings. The van der Waals surface area contributed by atoms with Crippen molar-refractivity contribution in [2.75, 3.05) is 134 Å². The van der Waals surface area contributed by atoms with E-state index in [2.05, 4.69) is 157 Å². The summed E-state index contributed by atoms with van der Waals surface area (Å²) in [4.78, 5) is 69.1. The van der Waals surface area contributed by atoms with Crippen molar-refractivity contribution in [3.8, 4) is 62.9 Å². The van der Waals surface area contributed by atoms with E-state index in [9.17, 15) is 29.2 Å². The van der Waals surface area contributed by atoms with E-state index in [1.807, 2.05) is 88.2 Å². The molecule has 34 nitrogen and oxygen atoms in total. The third-order valence-electron chi connectivity index (χ3n) is 26.4. The van der Waals surface area contributed by atoms with E-state index < -0.39 is 17.7 Å². The van der Waals surface area contributed by atoms with Gasteiger partial charge in [-0.1, -0.05) is 105 Å². The fourth-order valence-electron chi connectivity index (χ4n) is 19.4. The lowest BCUT2D eigenvalue weighted by atomic mass is 10.1. The number of halogens is 2. The summed E-state index contributed by atoms with van der Waals surface area (Å²) in [5, 5.41) is 65.6. The van der Waals surface area contributed by atoms with Crippen LogP contribution in [-0.2, 0) is 13.1 Å². The second-order valence-electron chi connectivity index (χ2n) is 35.8. The number of phenolic OH excluding ortho intramolecular Hbond substituents is 3. The predicted molar refractivity (Wildman–Crippen MR) is 548 cm³/mol. The zero-order valence-corrected chi connectivity index (χ0v) is 78.7. The predicted octanol–water partition coefficient (Wildman–Crippen LogP) is 15.1. The van der Waals surface area contributed by atoms with Crippen molar-refractivity contribution < 1.29 is 29.2 Å². The van der Waals surface area contributed by atoms with Gasteiger partial charge in [0, 0.05) is 151 Å². The number of nitrogen functional groups attached to an aromatic ring is 4. The van der Waals surface area contributed by atoms with E-state index in [1.54, 1.807) is 34.5 Å². The number of para-hydroxylation sites is 4. The number of hydrogen-bond acceptors (Lipinski definition) is 30. The zero-order chi connectivity index (χ0) is 97.2. The Kier molecular flexibility index (Phi) is 26.1. The molecule has 16 heterocycles. The topological polar surface area (TPSA) is 430 Å². The molecule has 0 aliphatic carbocycles. The first-order valence-electron chi connectivity index (χ1n) is 47.5. The second-order valence-corrected chi connectivity index (χ2v) is 35.8. The Bertz CT molecular complexity index is 7930. The fraction of sp³-hybridized carbons (Fsp3) is 0.276. The summed E-state index contributed by atoms with van der Waals surface area (Å²) in [7, 11) is 0. The largest absolute Gasteiger partial charge is 0.508 e. The van der Waals surface area contributed by atoms with Gasteiger partial charge in [0.25, 0.3) is 0 Å². The molecule has 3 atom stereocenters. The summed E-state index contributed by atoms with van der Waals surface area (Å²) < 4.78 is 35.6. The monoisotopic (exact) mass is 1890 g/mol. The van der Waals surface area contributed by atoms with Crippen LogP contribution in [-0.4, -0.2) is 227 Å². The van der Waals surface area contributed by atoms with Gasteiger partial charge in [0.2, 0.25) is 0 Å². The Morgan fingerprint density at radius 2 is 0.745 bits per heavy atom. The van der Waals surface area contributed by atoms with Gasteiger partial charge in [-0.25, -0.2) is 87.3 Å². The summed E-state index contributed by atoms with van der Waals surface area (Å²) >= 11 is 0. The highest BCUT2D eigenvalue weighted by molar-refractivity contribution is 6.01. The summed E-state index contributed by atoms with van der Waals surface area (Å²) in [6.45, 7) is 24.6. The quantitative estimate of drug-likeness (QED) is 0.0370. The molecule has 23 rings (SSSR count). The lowest BCUT2D eigenvalue weighted by molar-refractivity contribution is 0.253. The minimum Gasteiger partial charge on any atom is -0.508 e. The maximum absolute atomic E-state index is 14.2. The minimum atomic E-state index is -0.773. The Labute approximate surface area is 809 Å². The highest BCUT2D eigenvalue weighted by Crippen LogP contribution is 2.43. The van der Waals surface area contributed by atoms with Crippen LogP contribution in [0.25, 0.3) is 122 Å². The van der Waals surface area contributed by atoms with E-state index in [1.165, 1.54) is 62.4 Å². The first kappa shape index (κ1) is 92.2.